The van der Waals surface area contributed by atoms with Gasteiger partial charge in [-0.1, -0.05) is 34.1 Å². The van der Waals surface area contributed by atoms with Crippen LogP contribution in [0.1, 0.15) is 29.4 Å². The average Bonchev–Trinajstić information content (AvgIpc) is 3.22. The van der Waals surface area contributed by atoms with Crippen molar-refractivity contribution in [3.63, 3.8) is 0 Å². The molecule has 31 heavy (non-hydrogen) atoms. The number of halogens is 1. The van der Waals surface area contributed by atoms with Gasteiger partial charge in [-0.25, -0.2) is 4.98 Å². The molecule has 1 N–H and O–H groups in total. The smallest absolute Gasteiger partial charge is 0.295 e. The lowest BCUT2D eigenvalue weighted by Gasteiger charge is -2.25. The Morgan fingerprint density at radius 1 is 1.23 bits per heavy atom. The fourth-order valence-electron chi connectivity index (χ4n) is 4.04. The molecule has 0 spiro atoms. The van der Waals surface area contributed by atoms with Crippen molar-refractivity contribution in [2.75, 3.05) is 20.3 Å². The number of methoxy groups -OCH3 is 1. The van der Waals surface area contributed by atoms with E-state index in [1.807, 2.05) is 42.5 Å². The molecule has 1 aromatic carbocycles. The number of amides is 1. The number of aromatic nitrogens is 2. The quantitative estimate of drug-likeness (QED) is 0.249. The van der Waals surface area contributed by atoms with Gasteiger partial charge in [-0.3, -0.25) is 14.0 Å². The van der Waals surface area contributed by atoms with E-state index in [0.717, 1.165) is 10.0 Å². The normalized spacial score (nSPS) is 18.3. The van der Waals surface area contributed by atoms with Gasteiger partial charge in [-0.05, 0) is 43.2 Å². The molecule has 0 bridgehead atoms. The first-order chi connectivity index (χ1) is 14.9. The number of hydrogen-bond acceptors (Lipinski definition) is 5. The summed E-state index contributed by atoms with van der Waals surface area (Å²) in [5.74, 6) is -1.56. The minimum Gasteiger partial charge on any atom is -0.505 e. The zero-order chi connectivity index (χ0) is 22.1. The van der Waals surface area contributed by atoms with Crippen molar-refractivity contribution >= 4 is 39.0 Å². The second-order valence-electron chi connectivity index (χ2n) is 7.37. The van der Waals surface area contributed by atoms with E-state index in [9.17, 15) is 14.7 Å². The van der Waals surface area contributed by atoms with Crippen molar-refractivity contribution < 1.29 is 19.4 Å². The van der Waals surface area contributed by atoms with E-state index in [1.165, 1.54) is 4.90 Å². The first-order valence-electron chi connectivity index (χ1n) is 9.91. The van der Waals surface area contributed by atoms with Crippen LogP contribution in [0.5, 0.6) is 0 Å². The summed E-state index contributed by atoms with van der Waals surface area (Å²) >= 11 is 3.46. The molecule has 1 fully saturated rings. The van der Waals surface area contributed by atoms with Crippen molar-refractivity contribution in [2.45, 2.75) is 19.4 Å². The summed E-state index contributed by atoms with van der Waals surface area (Å²) in [6.07, 6.45) is 2.34. The highest BCUT2D eigenvalue weighted by molar-refractivity contribution is 9.10. The lowest BCUT2D eigenvalue weighted by atomic mass is 9.96. The molecule has 1 saturated heterocycles. The van der Waals surface area contributed by atoms with Crippen molar-refractivity contribution in [3.8, 4) is 0 Å². The van der Waals surface area contributed by atoms with Crippen LogP contribution in [-0.4, -0.2) is 51.3 Å². The molecule has 8 heteroatoms. The number of benzene rings is 1. The lowest BCUT2D eigenvalue weighted by molar-refractivity contribution is -0.140. The lowest BCUT2D eigenvalue weighted by Crippen LogP contribution is -2.31. The number of rotatable bonds is 6. The maximum atomic E-state index is 13.1. The molecule has 160 valence electrons. The number of ether oxygens (including phenoxy) is 1. The Hall–Kier alpha value is -2.97. The predicted molar refractivity (Wildman–Crippen MR) is 120 cm³/mol. The Kier molecular flexibility index (Phi) is 5.93. The number of Topliss-reactive ketones (excluding diaryl/α,β-unsaturated/α-hetero) is 1. The summed E-state index contributed by atoms with van der Waals surface area (Å²) < 4.78 is 7.66. The Morgan fingerprint density at radius 3 is 2.77 bits per heavy atom. The second-order valence-corrected chi connectivity index (χ2v) is 8.28. The van der Waals surface area contributed by atoms with Gasteiger partial charge in [-0.2, -0.15) is 0 Å². The summed E-state index contributed by atoms with van der Waals surface area (Å²) in [6, 6.07) is 12.2. The highest BCUT2D eigenvalue weighted by Crippen LogP contribution is 2.40. The van der Waals surface area contributed by atoms with E-state index in [-0.39, 0.29) is 11.3 Å². The highest BCUT2D eigenvalue weighted by Gasteiger charge is 2.46. The molecule has 0 aliphatic carbocycles. The summed E-state index contributed by atoms with van der Waals surface area (Å²) in [4.78, 5) is 32.1. The van der Waals surface area contributed by atoms with Crippen LogP contribution in [-0.2, 0) is 14.3 Å². The van der Waals surface area contributed by atoms with E-state index in [2.05, 4.69) is 20.9 Å². The fourth-order valence-corrected chi connectivity index (χ4v) is 4.46. The van der Waals surface area contributed by atoms with Gasteiger partial charge in [0.15, 0.2) is 5.76 Å². The molecular formula is C23H22BrN3O4. The zero-order valence-electron chi connectivity index (χ0n) is 17.2. The number of fused-ring (bicyclic) bond motifs is 1. The SMILES string of the molecule is COCCCN1C(=O)C(=O)/C(=C(/O)c2c(C)nc3ccccn23)C1c1cccc(Br)c1. The zero-order valence-corrected chi connectivity index (χ0v) is 18.8. The number of ketones is 1. The van der Waals surface area contributed by atoms with Gasteiger partial charge in [0.2, 0.25) is 0 Å². The van der Waals surface area contributed by atoms with Gasteiger partial charge in [0.25, 0.3) is 11.7 Å². The van der Waals surface area contributed by atoms with Crippen molar-refractivity contribution in [1.82, 2.24) is 14.3 Å². The minimum atomic E-state index is -0.706. The number of hydrogen-bond donors (Lipinski definition) is 1. The number of aliphatic hydroxyl groups excluding tert-OH is 1. The van der Waals surface area contributed by atoms with Gasteiger partial charge in [0.05, 0.1) is 17.3 Å². The minimum absolute atomic E-state index is 0.0641. The van der Waals surface area contributed by atoms with E-state index < -0.39 is 17.7 Å². The van der Waals surface area contributed by atoms with Crippen LogP contribution < -0.4 is 0 Å². The Balaban J connectivity index is 1.91. The van der Waals surface area contributed by atoms with Gasteiger partial charge in [0, 0.05) is 30.9 Å². The number of nitrogens with zero attached hydrogens (tertiary/aromatic N) is 3. The summed E-state index contributed by atoms with van der Waals surface area (Å²) in [5.41, 5.74) is 2.43. The van der Waals surface area contributed by atoms with Crippen LogP contribution >= 0.6 is 15.9 Å². The number of likely N-dealkylation sites (tertiary alicyclic amines) is 1. The predicted octanol–water partition coefficient (Wildman–Crippen LogP) is 3.86. The van der Waals surface area contributed by atoms with Gasteiger partial charge < -0.3 is 14.7 Å². The molecule has 7 nitrogen and oxygen atoms in total. The van der Waals surface area contributed by atoms with E-state index in [1.54, 1.807) is 24.6 Å². The highest BCUT2D eigenvalue weighted by atomic mass is 79.9. The third kappa shape index (κ3) is 3.77. The first kappa shape index (κ1) is 21.3. The number of carbonyl (C=O) groups excluding carboxylic acids is 2. The van der Waals surface area contributed by atoms with Crippen LogP contribution in [0.25, 0.3) is 11.4 Å². The van der Waals surface area contributed by atoms with Gasteiger partial charge in [-0.15, -0.1) is 0 Å². The van der Waals surface area contributed by atoms with Crippen LogP contribution in [0.15, 0.2) is 58.7 Å². The fraction of sp³-hybridized carbons (Fsp3) is 0.261. The van der Waals surface area contributed by atoms with E-state index in [4.69, 9.17) is 4.74 Å². The molecule has 4 rings (SSSR count). The molecule has 1 unspecified atom stereocenters. The van der Waals surface area contributed by atoms with Crippen LogP contribution in [0.2, 0.25) is 0 Å². The molecule has 0 saturated carbocycles. The standard InChI is InChI=1S/C23H22BrN3O4/c1-14-19(26-10-4-3-9-17(26)25-14)21(28)18-20(15-7-5-8-16(24)13-15)27(11-6-12-31-2)23(30)22(18)29/h3-5,7-10,13,20,28H,6,11-12H2,1-2H3/b21-18+. The summed E-state index contributed by atoms with van der Waals surface area (Å²) in [6.45, 7) is 2.56. The Labute approximate surface area is 188 Å². The number of aryl methyl sites for hydroxylation is 1. The number of carbonyl (C=O) groups is 2. The average molecular weight is 484 g/mol. The third-order valence-electron chi connectivity index (χ3n) is 5.38. The summed E-state index contributed by atoms with van der Waals surface area (Å²) in [7, 11) is 1.59. The number of imidazole rings is 1. The monoisotopic (exact) mass is 483 g/mol. The Morgan fingerprint density at radius 2 is 2.03 bits per heavy atom. The molecule has 1 amide bonds. The largest absolute Gasteiger partial charge is 0.505 e. The molecule has 1 aliphatic heterocycles. The molecular weight excluding hydrogens is 462 g/mol. The molecule has 1 aliphatic rings. The van der Waals surface area contributed by atoms with Gasteiger partial charge in [0.1, 0.15) is 11.3 Å². The van der Waals surface area contributed by atoms with Crippen LogP contribution in [0.3, 0.4) is 0 Å². The maximum absolute atomic E-state index is 13.1. The molecule has 2 aromatic heterocycles. The van der Waals surface area contributed by atoms with Gasteiger partial charge >= 0.3 is 0 Å². The first-order valence-corrected chi connectivity index (χ1v) is 10.7. The van der Waals surface area contributed by atoms with Crippen molar-refractivity contribution in [3.05, 3.63) is 75.7 Å². The number of aliphatic hydroxyl groups is 1. The summed E-state index contributed by atoms with van der Waals surface area (Å²) in [5, 5.41) is 11.3. The second kappa shape index (κ2) is 8.64. The molecule has 1 atom stereocenters. The third-order valence-corrected chi connectivity index (χ3v) is 5.87. The Bertz CT molecular complexity index is 1200. The topological polar surface area (TPSA) is 84.1 Å². The van der Waals surface area contributed by atoms with Crippen molar-refractivity contribution in [1.29, 1.82) is 0 Å². The molecule has 0 radical (unpaired) electrons. The van der Waals surface area contributed by atoms with E-state index >= 15 is 0 Å². The van der Waals surface area contributed by atoms with Crippen LogP contribution in [0, 0.1) is 6.92 Å². The molecule has 3 aromatic rings. The molecule has 3 heterocycles. The van der Waals surface area contributed by atoms with Crippen molar-refractivity contribution in [2.24, 2.45) is 0 Å². The van der Waals surface area contributed by atoms with E-state index in [0.29, 0.717) is 36.6 Å². The number of pyridine rings is 1. The maximum Gasteiger partial charge on any atom is 0.295 e. The van der Waals surface area contributed by atoms with Crippen LogP contribution in [0.4, 0.5) is 0 Å².